The molecule has 1 aliphatic heterocycles. The largest absolute Gasteiger partial charge is 0.465 e. The summed E-state index contributed by atoms with van der Waals surface area (Å²) in [6, 6.07) is 5.54. The molecule has 0 radical (unpaired) electrons. The molecule has 0 aliphatic carbocycles. The van der Waals surface area contributed by atoms with Crippen LogP contribution in [0.5, 0.6) is 0 Å². The number of anilines is 2. The number of nitrogens with zero attached hydrogens (tertiary/aromatic N) is 3. The third kappa shape index (κ3) is 5.07. The van der Waals surface area contributed by atoms with E-state index in [0.29, 0.717) is 18.8 Å². The monoisotopic (exact) mass is 341 g/mol. The Balaban J connectivity index is 1.44. The van der Waals surface area contributed by atoms with Crippen LogP contribution in [0.3, 0.4) is 0 Å². The second kappa shape index (κ2) is 8.32. The molecule has 0 atom stereocenters. The van der Waals surface area contributed by atoms with E-state index in [1.165, 1.54) is 18.9 Å². The highest BCUT2D eigenvalue weighted by atomic mass is 16.3. The summed E-state index contributed by atoms with van der Waals surface area (Å²) in [7, 11) is 0. The molecule has 1 aliphatic rings. The van der Waals surface area contributed by atoms with Crippen LogP contribution < -0.4 is 15.5 Å². The highest BCUT2D eigenvalue weighted by Crippen LogP contribution is 2.20. The van der Waals surface area contributed by atoms with Crippen LogP contribution in [0.1, 0.15) is 24.4 Å². The highest BCUT2D eigenvalue weighted by molar-refractivity contribution is 5.91. The molecule has 7 nitrogen and oxygen atoms in total. The van der Waals surface area contributed by atoms with Crippen molar-refractivity contribution >= 4 is 23.6 Å². The predicted molar refractivity (Wildman–Crippen MR) is 97.5 cm³/mol. The van der Waals surface area contributed by atoms with Crippen LogP contribution in [0.4, 0.5) is 11.6 Å². The molecule has 0 saturated carbocycles. The van der Waals surface area contributed by atoms with E-state index in [9.17, 15) is 4.79 Å². The standard InChI is InChI=1S/C18H23N5O2/c1-14-21-16(13-17(22-14)23-10-2-3-11-23)19-8-9-20-18(24)7-6-15-5-4-12-25-15/h4-7,12-13H,2-3,8-11H2,1H3,(H,20,24)(H,19,21,22)/b7-6+. The van der Waals surface area contributed by atoms with E-state index in [4.69, 9.17) is 4.42 Å². The lowest BCUT2D eigenvalue weighted by Gasteiger charge is -2.17. The van der Waals surface area contributed by atoms with Gasteiger partial charge >= 0.3 is 0 Å². The molecule has 0 spiro atoms. The van der Waals surface area contributed by atoms with Crippen LogP contribution in [0, 0.1) is 6.92 Å². The van der Waals surface area contributed by atoms with Gasteiger partial charge in [-0.25, -0.2) is 9.97 Å². The summed E-state index contributed by atoms with van der Waals surface area (Å²) in [6.45, 7) is 5.09. The second-order valence-corrected chi connectivity index (χ2v) is 5.92. The van der Waals surface area contributed by atoms with Gasteiger partial charge < -0.3 is 20.0 Å². The van der Waals surface area contributed by atoms with Gasteiger partial charge in [0, 0.05) is 38.3 Å². The van der Waals surface area contributed by atoms with E-state index in [2.05, 4.69) is 25.5 Å². The molecule has 1 fully saturated rings. The number of aromatic nitrogens is 2. The Kier molecular flexibility index (Phi) is 5.66. The number of hydrogen-bond donors (Lipinski definition) is 2. The summed E-state index contributed by atoms with van der Waals surface area (Å²) in [5, 5.41) is 6.06. The first-order valence-electron chi connectivity index (χ1n) is 8.54. The molecule has 25 heavy (non-hydrogen) atoms. The molecule has 3 heterocycles. The minimum Gasteiger partial charge on any atom is -0.465 e. The number of nitrogens with one attached hydrogen (secondary N) is 2. The van der Waals surface area contributed by atoms with Crippen LogP contribution in [0.2, 0.25) is 0 Å². The summed E-state index contributed by atoms with van der Waals surface area (Å²) in [5.74, 6) is 3.00. The van der Waals surface area contributed by atoms with Crippen molar-refractivity contribution in [2.24, 2.45) is 0 Å². The Hall–Kier alpha value is -2.83. The normalized spacial score (nSPS) is 14.2. The van der Waals surface area contributed by atoms with Crippen molar-refractivity contribution in [3.63, 3.8) is 0 Å². The summed E-state index contributed by atoms with van der Waals surface area (Å²) in [4.78, 5) is 22.9. The SMILES string of the molecule is Cc1nc(NCCNC(=O)/C=C/c2ccco2)cc(N2CCCC2)n1. The number of carbonyl (C=O) groups excluding carboxylic acids is 1. The van der Waals surface area contributed by atoms with Crippen LogP contribution in [0.25, 0.3) is 6.08 Å². The summed E-state index contributed by atoms with van der Waals surface area (Å²) < 4.78 is 5.13. The summed E-state index contributed by atoms with van der Waals surface area (Å²) >= 11 is 0. The van der Waals surface area contributed by atoms with Crippen LogP contribution in [-0.4, -0.2) is 42.1 Å². The van der Waals surface area contributed by atoms with Crippen molar-refractivity contribution in [1.82, 2.24) is 15.3 Å². The Morgan fingerprint density at radius 2 is 2.16 bits per heavy atom. The predicted octanol–water partition coefficient (Wildman–Crippen LogP) is 2.22. The van der Waals surface area contributed by atoms with E-state index >= 15 is 0 Å². The van der Waals surface area contributed by atoms with E-state index in [1.54, 1.807) is 24.5 Å². The van der Waals surface area contributed by atoms with Crippen molar-refractivity contribution in [1.29, 1.82) is 0 Å². The van der Waals surface area contributed by atoms with Crippen molar-refractivity contribution in [3.8, 4) is 0 Å². The molecule has 0 bridgehead atoms. The molecule has 0 unspecified atom stereocenters. The van der Waals surface area contributed by atoms with Gasteiger partial charge in [-0.15, -0.1) is 0 Å². The molecule has 132 valence electrons. The Morgan fingerprint density at radius 3 is 2.92 bits per heavy atom. The second-order valence-electron chi connectivity index (χ2n) is 5.92. The first-order valence-corrected chi connectivity index (χ1v) is 8.54. The van der Waals surface area contributed by atoms with Gasteiger partial charge in [0.25, 0.3) is 0 Å². The van der Waals surface area contributed by atoms with Crippen LogP contribution >= 0.6 is 0 Å². The number of furan rings is 1. The zero-order valence-corrected chi connectivity index (χ0v) is 14.4. The third-order valence-electron chi connectivity index (χ3n) is 3.93. The van der Waals surface area contributed by atoms with E-state index in [-0.39, 0.29) is 5.91 Å². The van der Waals surface area contributed by atoms with Crippen LogP contribution in [0.15, 0.2) is 35.0 Å². The maximum atomic E-state index is 11.7. The van der Waals surface area contributed by atoms with Gasteiger partial charge in [0.1, 0.15) is 23.2 Å². The number of aryl methyl sites for hydroxylation is 1. The lowest BCUT2D eigenvalue weighted by atomic mass is 10.4. The smallest absolute Gasteiger partial charge is 0.244 e. The van der Waals surface area contributed by atoms with Gasteiger partial charge in [-0.05, 0) is 38.0 Å². The molecule has 1 amide bonds. The zero-order valence-electron chi connectivity index (χ0n) is 14.4. The van der Waals surface area contributed by atoms with E-state index < -0.39 is 0 Å². The topological polar surface area (TPSA) is 83.3 Å². The fourth-order valence-corrected chi connectivity index (χ4v) is 2.73. The Labute approximate surface area is 147 Å². The molecule has 7 heteroatoms. The minimum atomic E-state index is -0.158. The number of carbonyl (C=O) groups is 1. The molecule has 0 aromatic carbocycles. The van der Waals surface area contributed by atoms with Crippen LogP contribution in [-0.2, 0) is 4.79 Å². The van der Waals surface area contributed by atoms with E-state index in [0.717, 1.165) is 30.5 Å². The van der Waals surface area contributed by atoms with Crippen molar-refractivity contribution in [2.75, 3.05) is 36.4 Å². The summed E-state index contributed by atoms with van der Waals surface area (Å²) in [5.41, 5.74) is 0. The fraction of sp³-hybridized carbons (Fsp3) is 0.389. The van der Waals surface area contributed by atoms with Crippen molar-refractivity contribution in [3.05, 3.63) is 42.1 Å². The third-order valence-corrected chi connectivity index (χ3v) is 3.93. The Morgan fingerprint density at radius 1 is 1.32 bits per heavy atom. The zero-order chi connectivity index (χ0) is 17.5. The molecule has 2 aromatic heterocycles. The molecule has 2 N–H and O–H groups in total. The van der Waals surface area contributed by atoms with Gasteiger partial charge in [-0.2, -0.15) is 0 Å². The molecular formula is C18H23N5O2. The van der Waals surface area contributed by atoms with Gasteiger partial charge in [0.05, 0.1) is 6.26 Å². The molecule has 2 aromatic rings. The van der Waals surface area contributed by atoms with Crippen molar-refractivity contribution < 1.29 is 9.21 Å². The maximum absolute atomic E-state index is 11.7. The lowest BCUT2D eigenvalue weighted by molar-refractivity contribution is -0.116. The van der Waals surface area contributed by atoms with Gasteiger partial charge in [-0.3, -0.25) is 4.79 Å². The maximum Gasteiger partial charge on any atom is 0.244 e. The van der Waals surface area contributed by atoms with Gasteiger partial charge in [0.2, 0.25) is 5.91 Å². The van der Waals surface area contributed by atoms with E-state index in [1.807, 2.05) is 13.0 Å². The molecule has 1 saturated heterocycles. The molecular weight excluding hydrogens is 318 g/mol. The number of hydrogen-bond acceptors (Lipinski definition) is 6. The fourth-order valence-electron chi connectivity index (χ4n) is 2.73. The average molecular weight is 341 g/mol. The average Bonchev–Trinajstić information content (AvgIpc) is 3.30. The van der Waals surface area contributed by atoms with Gasteiger partial charge in [-0.1, -0.05) is 0 Å². The number of rotatable bonds is 7. The quantitative estimate of drug-likeness (QED) is 0.593. The molecule has 3 rings (SSSR count). The highest BCUT2D eigenvalue weighted by Gasteiger charge is 2.14. The minimum absolute atomic E-state index is 0.158. The summed E-state index contributed by atoms with van der Waals surface area (Å²) in [6.07, 6.45) is 7.09. The number of amides is 1. The lowest BCUT2D eigenvalue weighted by Crippen LogP contribution is -2.27. The first-order chi connectivity index (χ1) is 12.2. The van der Waals surface area contributed by atoms with Gasteiger partial charge in [0.15, 0.2) is 0 Å². The first kappa shape index (κ1) is 17.0. The Bertz CT molecular complexity index is 721. The van der Waals surface area contributed by atoms with Crippen molar-refractivity contribution in [2.45, 2.75) is 19.8 Å².